The fourth-order valence-corrected chi connectivity index (χ4v) is 1.57. The van der Waals surface area contributed by atoms with Crippen LogP contribution in [-0.2, 0) is 0 Å². The largest absolute Gasteiger partial charge is 0.353 e. The van der Waals surface area contributed by atoms with Crippen LogP contribution in [0.15, 0.2) is 18.5 Å². The van der Waals surface area contributed by atoms with Gasteiger partial charge in [-0.3, -0.25) is 5.43 Å². The summed E-state index contributed by atoms with van der Waals surface area (Å²) in [5.74, 6) is 7.47. The Hall–Kier alpha value is -1.87. The van der Waals surface area contributed by atoms with Crippen LogP contribution in [0.1, 0.15) is 0 Å². The molecule has 0 saturated heterocycles. The van der Waals surface area contributed by atoms with Crippen LogP contribution in [0.2, 0.25) is 0 Å². The van der Waals surface area contributed by atoms with Crippen LogP contribution in [0.4, 0.5) is 11.9 Å². The SMILES string of the molecule is CSCCNc1nc(NN)nc(-n2cccn2)n1. The molecule has 0 aliphatic rings. The zero-order valence-corrected chi connectivity index (χ0v) is 10.7. The Morgan fingerprint density at radius 2 is 2.17 bits per heavy atom. The first-order valence-electron chi connectivity index (χ1n) is 5.29. The molecular weight excluding hydrogens is 252 g/mol. The highest BCUT2D eigenvalue weighted by atomic mass is 32.2. The second kappa shape index (κ2) is 6.17. The summed E-state index contributed by atoms with van der Waals surface area (Å²) in [6, 6.07) is 1.79. The maximum atomic E-state index is 5.33. The quantitative estimate of drug-likeness (QED) is 0.384. The Morgan fingerprint density at radius 3 is 2.83 bits per heavy atom. The number of nitrogens with two attached hydrogens (primary N) is 1. The predicted molar refractivity (Wildman–Crippen MR) is 71.6 cm³/mol. The van der Waals surface area contributed by atoms with Crippen molar-refractivity contribution < 1.29 is 0 Å². The monoisotopic (exact) mass is 266 g/mol. The maximum absolute atomic E-state index is 5.33. The molecule has 18 heavy (non-hydrogen) atoms. The average molecular weight is 266 g/mol. The average Bonchev–Trinajstić information content (AvgIpc) is 2.92. The third kappa shape index (κ3) is 3.08. The molecule has 96 valence electrons. The van der Waals surface area contributed by atoms with Crippen molar-refractivity contribution in [2.45, 2.75) is 0 Å². The van der Waals surface area contributed by atoms with Crippen molar-refractivity contribution in [1.29, 1.82) is 0 Å². The molecule has 9 heteroatoms. The van der Waals surface area contributed by atoms with Gasteiger partial charge in [-0.2, -0.15) is 31.8 Å². The van der Waals surface area contributed by atoms with Crippen molar-refractivity contribution in [1.82, 2.24) is 24.7 Å². The van der Waals surface area contributed by atoms with E-state index in [4.69, 9.17) is 5.84 Å². The molecule has 0 radical (unpaired) electrons. The Kier molecular flexibility index (Phi) is 4.31. The lowest BCUT2D eigenvalue weighted by Gasteiger charge is -2.07. The van der Waals surface area contributed by atoms with Gasteiger partial charge >= 0.3 is 0 Å². The minimum atomic E-state index is 0.294. The van der Waals surface area contributed by atoms with Crippen molar-refractivity contribution in [2.75, 3.05) is 29.3 Å². The van der Waals surface area contributed by atoms with E-state index in [9.17, 15) is 0 Å². The first-order chi connectivity index (χ1) is 8.83. The number of hydrogen-bond donors (Lipinski definition) is 3. The molecule has 4 N–H and O–H groups in total. The lowest BCUT2D eigenvalue weighted by molar-refractivity contribution is 0.796. The number of rotatable bonds is 6. The Bertz CT molecular complexity index is 485. The summed E-state index contributed by atoms with van der Waals surface area (Å²) in [6.07, 6.45) is 5.44. The van der Waals surface area contributed by atoms with Gasteiger partial charge in [0.15, 0.2) is 0 Å². The first-order valence-corrected chi connectivity index (χ1v) is 6.68. The van der Waals surface area contributed by atoms with Crippen LogP contribution in [0.25, 0.3) is 5.95 Å². The summed E-state index contributed by atoms with van der Waals surface area (Å²) in [7, 11) is 0. The van der Waals surface area contributed by atoms with E-state index in [0.29, 0.717) is 17.8 Å². The molecule has 2 rings (SSSR count). The number of nitrogens with one attached hydrogen (secondary N) is 2. The molecule has 0 atom stereocenters. The highest BCUT2D eigenvalue weighted by molar-refractivity contribution is 7.98. The van der Waals surface area contributed by atoms with E-state index in [0.717, 1.165) is 12.3 Å². The van der Waals surface area contributed by atoms with Gasteiger partial charge in [0.05, 0.1) is 0 Å². The van der Waals surface area contributed by atoms with Gasteiger partial charge < -0.3 is 5.32 Å². The van der Waals surface area contributed by atoms with Gasteiger partial charge in [0.2, 0.25) is 11.9 Å². The standard InChI is InChI=1S/C9H14N8S/c1-18-6-4-11-7-13-8(16-10)15-9(14-7)17-5-2-3-12-17/h2-3,5H,4,6,10H2,1H3,(H2,11,13,14,15,16). The van der Waals surface area contributed by atoms with Gasteiger partial charge in [0, 0.05) is 24.7 Å². The number of hydrogen-bond acceptors (Lipinski definition) is 8. The molecule has 0 aliphatic carbocycles. The van der Waals surface area contributed by atoms with Crippen molar-refractivity contribution in [3.05, 3.63) is 18.5 Å². The molecule has 2 aromatic heterocycles. The van der Waals surface area contributed by atoms with E-state index in [1.54, 1.807) is 34.9 Å². The van der Waals surface area contributed by atoms with Crippen LogP contribution < -0.4 is 16.6 Å². The van der Waals surface area contributed by atoms with Gasteiger partial charge in [-0.25, -0.2) is 10.5 Å². The van der Waals surface area contributed by atoms with Gasteiger partial charge in [-0.15, -0.1) is 0 Å². The smallest absolute Gasteiger partial charge is 0.257 e. The Balaban J connectivity index is 2.22. The van der Waals surface area contributed by atoms with Gasteiger partial charge in [-0.05, 0) is 12.3 Å². The Labute approximate surface area is 108 Å². The van der Waals surface area contributed by atoms with Crippen molar-refractivity contribution in [3.8, 4) is 5.95 Å². The van der Waals surface area contributed by atoms with E-state index >= 15 is 0 Å². The van der Waals surface area contributed by atoms with E-state index in [1.807, 2.05) is 6.26 Å². The van der Waals surface area contributed by atoms with Crippen LogP contribution in [0, 0.1) is 0 Å². The normalized spacial score (nSPS) is 10.3. The van der Waals surface area contributed by atoms with Gasteiger partial charge in [0.25, 0.3) is 5.95 Å². The summed E-state index contributed by atoms with van der Waals surface area (Å²) in [5, 5.41) is 7.17. The molecule has 2 heterocycles. The molecule has 0 spiro atoms. The topological polar surface area (TPSA) is 107 Å². The maximum Gasteiger partial charge on any atom is 0.257 e. The lowest BCUT2D eigenvalue weighted by Crippen LogP contribution is -2.16. The van der Waals surface area contributed by atoms with Crippen molar-refractivity contribution >= 4 is 23.7 Å². The number of hydrazine groups is 1. The lowest BCUT2D eigenvalue weighted by atomic mass is 10.7. The molecule has 0 unspecified atom stereocenters. The van der Waals surface area contributed by atoms with Crippen LogP contribution in [0.5, 0.6) is 0 Å². The fourth-order valence-electron chi connectivity index (χ4n) is 1.26. The molecule has 0 aliphatic heterocycles. The minimum Gasteiger partial charge on any atom is -0.353 e. The first kappa shape index (κ1) is 12.6. The second-order valence-corrected chi connectivity index (χ2v) is 4.28. The van der Waals surface area contributed by atoms with Crippen molar-refractivity contribution in [3.63, 3.8) is 0 Å². The molecule has 0 saturated carbocycles. The Morgan fingerprint density at radius 1 is 1.33 bits per heavy atom. The summed E-state index contributed by atoms with van der Waals surface area (Å²) in [6.45, 7) is 0.772. The minimum absolute atomic E-state index is 0.294. The number of nitrogen functional groups attached to an aromatic ring is 1. The summed E-state index contributed by atoms with van der Waals surface area (Å²) in [5.41, 5.74) is 2.41. The molecule has 2 aromatic rings. The number of nitrogens with zero attached hydrogens (tertiary/aromatic N) is 5. The van der Waals surface area contributed by atoms with Gasteiger partial charge in [-0.1, -0.05) is 0 Å². The fraction of sp³-hybridized carbons (Fsp3) is 0.333. The van der Waals surface area contributed by atoms with Gasteiger partial charge in [0.1, 0.15) is 0 Å². The van der Waals surface area contributed by atoms with E-state index in [1.165, 1.54) is 0 Å². The van der Waals surface area contributed by atoms with Crippen LogP contribution in [-0.4, -0.2) is 43.3 Å². The zero-order valence-electron chi connectivity index (χ0n) is 9.87. The highest BCUT2D eigenvalue weighted by Gasteiger charge is 2.07. The summed E-state index contributed by atoms with van der Waals surface area (Å²) in [4.78, 5) is 12.5. The third-order valence-electron chi connectivity index (χ3n) is 2.05. The van der Waals surface area contributed by atoms with Crippen molar-refractivity contribution in [2.24, 2.45) is 5.84 Å². The molecule has 0 fully saturated rings. The highest BCUT2D eigenvalue weighted by Crippen LogP contribution is 2.07. The molecule has 0 bridgehead atoms. The van der Waals surface area contributed by atoms with Crippen LogP contribution >= 0.6 is 11.8 Å². The van der Waals surface area contributed by atoms with E-state index in [-0.39, 0.29) is 0 Å². The number of anilines is 2. The zero-order chi connectivity index (χ0) is 12.8. The summed E-state index contributed by atoms with van der Waals surface area (Å²) < 4.78 is 1.54. The summed E-state index contributed by atoms with van der Waals surface area (Å²) >= 11 is 1.74. The van der Waals surface area contributed by atoms with E-state index in [2.05, 4.69) is 30.8 Å². The van der Waals surface area contributed by atoms with E-state index < -0.39 is 0 Å². The third-order valence-corrected chi connectivity index (χ3v) is 2.66. The molecular formula is C9H14N8S. The molecule has 0 amide bonds. The van der Waals surface area contributed by atoms with Crippen LogP contribution in [0.3, 0.4) is 0 Å². The second-order valence-electron chi connectivity index (χ2n) is 3.30. The number of aromatic nitrogens is 5. The number of thioether (sulfide) groups is 1. The molecule has 8 nitrogen and oxygen atoms in total. The molecule has 0 aromatic carbocycles. The predicted octanol–water partition coefficient (Wildman–Crippen LogP) is 0.118.